The molecule has 0 saturated heterocycles. The second kappa shape index (κ2) is 7.89. The first kappa shape index (κ1) is 15.6. The molecule has 0 saturated carbocycles. The number of amides is 1. The lowest BCUT2D eigenvalue weighted by molar-refractivity contribution is -0.150. The molecule has 1 aromatic carbocycles. The number of ketones is 1. The molecule has 1 atom stereocenters. The minimum absolute atomic E-state index is 0.258. The van der Waals surface area contributed by atoms with Crippen LogP contribution < -0.4 is 5.32 Å². The third-order valence-corrected chi connectivity index (χ3v) is 2.49. The minimum atomic E-state index is -0.845. The Hall–Kier alpha value is -2.43. The third-order valence-electron chi connectivity index (χ3n) is 2.49. The number of hydrogen-bond acceptors (Lipinski definition) is 4. The van der Waals surface area contributed by atoms with Gasteiger partial charge in [-0.15, -0.1) is 0 Å². The SMILES string of the molecule is C=CC(=O)NC(Cc1ccccc1)C(=O)OCC(C)=O. The van der Waals surface area contributed by atoms with Crippen molar-refractivity contribution >= 4 is 17.7 Å². The molecule has 1 rings (SSSR count). The van der Waals surface area contributed by atoms with E-state index in [4.69, 9.17) is 4.74 Å². The van der Waals surface area contributed by atoms with Crippen LogP contribution in [0.3, 0.4) is 0 Å². The zero-order valence-electron chi connectivity index (χ0n) is 11.3. The lowest BCUT2D eigenvalue weighted by Gasteiger charge is -2.16. The Bertz CT molecular complexity index is 496. The molecule has 1 unspecified atom stereocenters. The van der Waals surface area contributed by atoms with Crippen LogP contribution in [0.1, 0.15) is 12.5 Å². The normalized spacial score (nSPS) is 11.2. The van der Waals surface area contributed by atoms with Crippen molar-refractivity contribution in [1.82, 2.24) is 5.32 Å². The number of ether oxygens (including phenoxy) is 1. The van der Waals surface area contributed by atoms with Crippen LogP contribution in [0, 0.1) is 0 Å². The van der Waals surface area contributed by atoms with Crippen LogP contribution in [0.2, 0.25) is 0 Å². The standard InChI is InChI=1S/C15H17NO4/c1-3-14(18)16-13(15(19)20-10-11(2)17)9-12-7-5-4-6-8-12/h3-8,13H,1,9-10H2,2H3,(H,16,18). The summed E-state index contributed by atoms with van der Waals surface area (Å²) in [5.74, 6) is -1.36. The molecule has 5 nitrogen and oxygen atoms in total. The molecule has 1 N–H and O–H groups in total. The van der Waals surface area contributed by atoms with Crippen LogP contribution in [0.25, 0.3) is 0 Å². The summed E-state index contributed by atoms with van der Waals surface area (Å²) in [5.41, 5.74) is 0.877. The van der Waals surface area contributed by atoms with Crippen molar-refractivity contribution < 1.29 is 19.1 Å². The van der Waals surface area contributed by atoms with Gasteiger partial charge in [0.2, 0.25) is 5.91 Å². The molecule has 0 aromatic heterocycles. The summed E-state index contributed by atoms with van der Waals surface area (Å²) in [6.07, 6.45) is 1.37. The number of carbonyl (C=O) groups excluding carboxylic acids is 3. The van der Waals surface area contributed by atoms with Crippen LogP contribution in [-0.2, 0) is 25.5 Å². The van der Waals surface area contributed by atoms with Gasteiger partial charge in [-0.05, 0) is 18.6 Å². The third kappa shape index (κ3) is 5.48. The first-order valence-corrected chi connectivity index (χ1v) is 6.16. The van der Waals surface area contributed by atoms with E-state index in [2.05, 4.69) is 11.9 Å². The maximum atomic E-state index is 11.9. The van der Waals surface area contributed by atoms with E-state index in [0.29, 0.717) is 0 Å². The predicted octanol–water partition coefficient (Wildman–Crippen LogP) is 1.03. The molecule has 5 heteroatoms. The quantitative estimate of drug-likeness (QED) is 0.596. The second-order valence-electron chi connectivity index (χ2n) is 4.26. The number of rotatable bonds is 7. The first-order valence-electron chi connectivity index (χ1n) is 6.16. The average Bonchev–Trinajstić information content (AvgIpc) is 2.44. The molecule has 0 radical (unpaired) electrons. The minimum Gasteiger partial charge on any atom is -0.456 e. The second-order valence-corrected chi connectivity index (χ2v) is 4.26. The Kier molecular flexibility index (Phi) is 6.16. The van der Waals surface area contributed by atoms with Gasteiger partial charge in [-0.3, -0.25) is 9.59 Å². The van der Waals surface area contributed by atoms with Crippen molar-refractivity contribution in [2.24, 2.45) is 0 Å². The molecule has 1 amide bonds. The van der Waals surface area contributed by atoms with E-state index >= 15 is 0 Å². The highest BCUT2D eigenvalue weighted by atomic mass is 16.5. The fraction of sp³-hybridized carbons (Fsp3) is 0.267. The fourth-order valence-electron chi connectivity index (χ4n) is 1.55. The molecule has 0 aliphatic heterocycles. The zero-order valence-corrected chi connectivity index (χ0v) is 11.3. The van der Waals surface area contributed by atoms with Gasteiger partial charge in [0.1, 0.15) is 12.6 Å². The van der Waals surface area contributed by atoms with E-state index in [1.54, 1.807) is 0 Å². The summed E-state index contributed by atoms with van der Waals surface area (Å²) < 4.78 is 4.85. The Morgan fingerprint density at radius 1 is 1.30 bits per heavy atom. The number of nitrogens with one attached hydrogen (secondary N) is 1. The largest absolute Gasteiger partial charge is 0.456 e. The number of Topliss-reactive ketones (excluding diaryl/α,β-unsaturated/α-hetero) is 1. The summed E-state index contributed by atoms with van der Waals surface area (Å²) in [5, 5.41) is 2.50. The van der Waals surface area contributed by atoms with Crippen LogP contribution in [0.4, 0.5) is 0 Å². The van der Waals surface area contributed by atoms with Gasteiger partial charge in [-0.25, -0.2) is 4.79 Å². The molecule has 0 bridgehead atoms. The molecule has 0 fully saturated rings. The summed E-state index contributed by atoms with van der Waals surface area (Å²) in [4.78, 5) is 34.1. The van der Waals surface area contributed by atoms with Crippen molar-refractivity contribution in [1.29, 1.82) is 0 Å². The molecule has 0 aliphatic carbocycles. The van der Waals surface area contributed by atoms with Gasteiger partial charge in [0.25, 0.3) is 0 Å². The fourth-order valence-corrected chi connectivity index (χ4v) is 1.55. The summed E-state index contributed by atoms with van der Waals surface area (Å²) >= 11 is 0. The number of hydrogen-bond donors (Lipinski definition) is 1. The van der Waals surface area contributed by atoms with Crippen LogP contribution in [0.5, 0.6) is 0 Å². The maximum absolute atomic E-state index is 11.9. The monoisotopic (exact) mass is 275 g/mol. The molecule has 0 aliphatic rings. The van der Waals surface area contributed by atoms with Gasteiger partial charge < -0.3 is 10.1 Å². The Morgan fingerprint density at radius 2 is 1.95 bits per heavy atom. The van der Waals surface area contributed by atoms with E-state index in [1.165, 1.54) is 6.92 Å². The van der Waals surface area contributed by atoms with Crippen molar-refractivity contribution in [2.45, 2.75) is 19.4 Å². The molecule has 0 spiro atoms. The molecule has 1 aromatic rings. The van der Waals surface area contributed by atoms with Crippen molar-refractivity contribution in [2.75, 3.05) is 6.61 Å². The highest BCUT2D eigenvalue weighted by molar-refractivity contribution is 5.91. The smallest absolute Gasteiger partial charge is 0.329 e. The lowest BCUT2D eigenvalue weighted by Crippen LogP contribution is -2.43. The number of esters is 1. The highest BCUT2D eigenvalue weighted by Gasteiger charge is 2.22. The summed E-state index contributed by atoms with van der Waals surface area (Å²) in [6, 6.07) is 8.36. The maximum Gasteiger partial charge on any atom is 0.329 e. The topological polar surface area (TPSA) is 72.5 Å². The van der Waals surface area contributed by atoms with Crippen LogP contribution in [-0.4, -0.2) is 30.3 Å². The Morgan fingerprint density at radius 3 is 2.50 bits per heavy atom. The van der Waals surface area contributed by atoms with Gasteiger partial charge in [0.05, 0.1) is 0 Å². The highest BCUT2D eigenvalue weighted by Crippen LogP contribution is 2.05. The van der Waals surface area contributed by atoms with Gasteiger partial charge in [-0.2, -0.15) is 0 Å². The predicted molar refractivity (Wildman–Crippen MR) is 73.9 cm³/mol. The van der Waals surface area contributed by atoms with Gasteiger partial charge >= 0.3 is 5.97 Å². The van der Waals surface area contributed by atoms with Crippen LogP contribution in [0.15, 0.2) is 43.0 Å². The van der Waals surface area contributed by atoms with E-state index in [0.717, 1.165) is 11.6 Å². The average molecular weight is 275 g/mol. The summed E-state index contributed by atoms with van der Waals surface area (Å²) in [7, 11) is 0. The molecular formula is C15H17NO4. The molecule has 106 valence electrons. The lowest BCUT2D eigenvalue weighted by atomic mass is 10.1. The van der Waals surface area contributed by atoms with Gasteiger partial charge in [0, 0.05) is 6.42 Å². The number of benzene rings is 1. The number of carbonyl (C=O) groups is 3. The molecular weight excluding hydrogens is 258 g/mol. The van der Waals surface area contributed by atoms with Gasteiger partial charge in [0.15, 0.2) is 5.78 Å². The van der Waals surface area contributed by atoms with E-state index in [1.807, 2.05) is 30.3 Å². The van der Waals surface area contributed by atoms with E-state index in [-0.39, 0.29) is 18.8 Å². The molecule has 0 heterocycles. The Labute approximate surface area is 117 Å². The van der Waals surface area contributed by atoms with Crippen molar-refractivity contribution in [3.8, 4) is 0 Å². The van der Waals surface area contributed by atoms with Crippen molar-refractivity contribution in [3.05, 3.63) is 48.6 Å². The summed E-state index contributed by atoms with van der Waals surface area (Å²) in [6.45, 7) is 4.36. The first-order chi connectivity index (χ1) is 9.52. The molecule has 20 heavy (non-hydrogen) atoms. The van der Waals surface area contributed by atoms with Crippen LogP contribution >= 0.6 is 0 Å². The van der Waals surface area contributed by atoms with Crippen molar-refractivity contribution in [3.63, 3.8) is 0 Å². The zero-order chi connectivity index (χ0) is 15.0. The van der Waals surface area contributed by atoms with Gasteiger partial charge in [-0.1, -0.05) is 36.9 Å². The van der Waals surface area contributed by atoms with E-state index < -0.39 is 17.9 Å². The van der Waals surface area contributed by atoms with E-state index in [9.17, 15) is 14.4 Å². The Balaban J connectivity index is 2.73.